The fourth-order valence-corrected chi connectivity index (χ4v) is 1.91. The Balaban J connectivity index is 2.14. The lowest BCUT2D eigenvalue weighted by molar-refractivity contribution is -0.111. The van der Waals surface area contributed by atoms with Crippen molar-refractivity contribution in [2.45, 2.75) is 0 Å². The topological polar surface area (TPSA) is 29.1 Å². The van der Waals surface area contributed by atoms with Crippen LogP contribution in [-0.4, -0.2) is 5.91 Å². The first-order valence-electron chi connectivity index (χ1n) is 5.48. The molecule has 0 aliphatic heterocycles. The van der Waals surface area contributed by atoms with E-state index in [1.807, 2.05) is 54.6 Å². The monoisotopic (exact) mass is 301 g/mol. The van der Waals surface area contributed by atoms with E-state index in [4.69, 9.17) is 0 Å². The second-order valence-electron chi connectivity index (χ2n) is 3.78. The summed E-state index contributed by atoms with van der Waals surface area (Å²) in [6.45, 7) is 3.82. The van der Waals surface area contributed by atoms with Gasteiger partial charge in [0.25, 0.3) is 5.91 Å². The first-order chi connectivity index (χ1) is 8.68. The van der Waals surface area contributed by atoms with Gasteiger partial charge in [0.1, 0.15) is 0 Å². The predicted molar refractivity (Wildman–Crippen MR) is 78.2 cm³/mol. The lowest BCUT2D eigenvalue weighted by atomic mass is 10.1. The minimum Gasteiger partial charge on any atom is -0.321 e. The molecular formula is C15H12BrNO. The SMILES string of the molecule is C=C(C(=O)Nc1ccccc1Br)c1ccccc1. The van der Waals surface area contributed by atoms with Gasteiger partial charge in [-0.15, -0.1) is 0 Å². The van der Waals surface area contributed by atoms with Crippen molar-refractivity contribution in [2.75, 3.05) is 5.32 Å². The number of carbonyl (C=O) groups is 1. The highest BCUT2D eigenvalue weighted by molar-refractivity contribution is 9.10. The van der Waals surface area contributed by atoms with Gasteiger partial charge in [0.15, 0.2) is 0 Å². The summed E-state index contributed by atoms with van der Waals surface area (Å²) in [4.78, 5) is 12.0. The van der Waals surface area contributed by atoms with Gasteiger partial charge in [-0.3, -0.25) is 4.79 Å². The highest BCUT2D eigenvalue weighted by atomic mass is 79.9. The normalized spacial score (nSPS) is 9.83. The number of benzene rings is 2. The number of anilines is 1. The zero-order valence-corrected chi connectivity index (χ0v) is 11.3. The van der Waals surface area contributed by atoms with Crippen LogP contribution in [0.5, 0.6) is 0 Å². The number of halogens is 1. The van der Waals surface area contributed by atoms with Crippen LogP contribution in [0.4, 0.5) is 5.69 Å². The molecule has 0 bridgehead atoms. The lowest BCUT2D eigenvalue weighted by Gasteiger charge is -2.09. The van der Waals surface area contributed by atoms with Crippen LogP contribution in [-0.2, 0) is 4.79 Å². The molecule has 0 saturated carbocycles. The van der Waals surface area contributed by atoms with Gasteiger partial charge in [0, 0.05) is 10.0 Å². The zero-order valence-electron chi connectivity index (χ0n) is 9.69. The van der Waals surface area contributed by atoms with Gasteiger partial charge in [-0.25, -0.2) is 0 Å². The van der Waals surface area contributed by atoms with E-state index in [-0.39, 0.29) is 5.91 Å². The summed E-state index contributed by atoms with van der Waals surface area (Å²) in [6, 6.07) is 16.9. The van der Waals surface area contributed by atoms with Crippen molar-refractivity contribution in [1.82, 2.24) is 0 Å². The summed E-state index contributed by atoms with van der Waals surface area (Å²) in [5, 5.41) is 2.82. The van der Waals surface area contributed by atoms with E-state index in [0.29, 0.717) is 5.57 Å². The van der Waals surface area contributed by atoms with Crippen molar-refractivity contribution in [3.05, 3.63) is 71.2 Å². The van der Waals surface area contributed by atoms with Gasteiger partial charge in [0.2, 0.25) is 0 Å². The molecule has 0 fully saturated rings. The van der Waals surface area contributed by atoms with Gasteiger partial charge >= 0.3 is 0 Å². The van der Waals surface area contributed by atoms with Crippen LogP contribution >= 0.6 is 15.9 Å². The largest absolute Gasteiger partial charge is 0.321 e. The highest BCUT2D eigenvalue weighted by Crippen LogP contribution is 2.23. The Hall–Kier alpha value is -1.87. The second-order valence-corrected chi connectivity index (χ2v) is 4.63. The Kier molecular flexibility index (Phi) is 3.95. The smallest absolute Gasteiger partial charge is 0.255 e. The second kappa shape index (κ2) is 5.65. The molecule has 0 heterocycles. The third kappa shape index (κ3) is 2.87. The Bertz CT molecular complexity index is 578. The summed E-state index contributed by atoms with van der Waals surface area (Å²) < 4.78 is 0.846. The molecule has 0 atom stereocenters. The standard InChI is InChI=1S/C15H12BrNO/c1-11(12-7-3-2-4-8-12)15(18)17-14-10-6-5-9-13(14)16/h2-10H,1H2,(H,17,18). The van der Waals surface area contributed by atoms with Gasteiger partial charge in [0.05, 0.1) is 5.69 Å². The molecule has 2 rings (SSSR count). The van der Waals surface area contributed by atoms with Crippen molar-refractivity contribution in [3.63, 3.8) is 0 Å². The average molecular weight is 302 g/mol. The van der Waals surface area contributed by atoms with Crippen LogP contribution in [0.1, 0.15) is 5.56 Å². The number of amides is 1. The molecule has 18 heavy (non-hydrogen) atoms. The van der Waals surface area contributed by atoms with E-state index in [1.54, 1.807) is 0 Å². The summed E-state index contributed by atoms with van der Waals surface area (Å²) in [6.07, 6.45) is 0. The Morgan fingerprint density at radius 1 is 1.00 bits per heavy atom. The van der Waals surface area contributed by atoms with Crippen LogP contribution in [0, 0.1) is 0 Å². The van der Waals surface area contributed by atoms with Gasteiger partial charge < -0.3 is 5.32 Å². The number of carbonyl (C=O) groups excluding carboxylic acids is 1. The molecule has 0 aliphatic carbocycles. The van der Waals surface area contributed by atoms with Crippen LogP contribution < -0.4 is 5.32 Å². The van der Waals surface area contributed by atoms with Crippen LogP contribution in [0.15, 0.2) is 65.6 Å². The van der Waals surface area contributed by atoms with Crippen molar-refractivity contribution in [3.8, 4) is 0 Å². The summed E-state index contributed by atoms with van der Waals surface area (Å²) in [5.74, 6) is -0.201. The predicted octanol–water partition coefficient (Wildman–Crippen LogP) is 4.10. The van der Waals surface area contributed by atoms with E-state index in [1.165, 1.54) is 0 Å². The maximum absolute atomic E-state index is 12.0. The minimum absolute atomic E-state index is 0.201. The van der Waals surface area contributed by atoms with E-state index < -0.39 is 0 Å². The molecule has 0 saturated heterocycles. The summed E-state index contributed by atoms with van der Waals surface area (Å²) in [7, 11) is 0. The number of nitrogens with one attached hydrogen (secondary N) is 1. The summed E-state index contributed by atoms with van der Waals surface area (Å²) >= 11 is 3.39. The lowest BCUT2D eigenvalue weighted by Crippen LogP contribution is -2.13. The molecule has 0 spiro atoms. The minimum atomic E-state index is -0.201. The van der Waals surface area contributed by atoms with Gasteiger partial charge in [-0.2, -0.15) is 0 Å². The molecule has 1 amide bonds. The van der Waals surface area contributed by atoms with Crippen LogP contribution in [0.25, 0.3) is 5.57 Å². The molecule has 0 aliphatic rings. The molecule has 2 aromatic carbocycles. The fourth-order valence-electron chi connectivity index (χ4n) is 1.53. The van der Waals surface area contributed by atoms with Crippen LogP contribution in [0.2, 0.25) is 0 Å². The molecule has 90 valence electrons. The molecular weight excluding hydrogens is 290 g/mol. The maximum Gasteiger partial charge on any atom is 0.255 e. The van der Waals surface area contributed by atoms with E-state index in [2.05, 4.69) is 27.8 Å². The first-order valence-corrected chi connectivity index (χ1v) is 6.28. The zero-order chi connectivity index (χ0) is 13.0. The van der Waals surface area contributed by atoms with Crippen molar-refractivity contribution in [2.24, 2.45) is 0 Å². The maximum atomic E-state index is 12.0. The third-order valence-electron chi connectivity index (χ3n) is 2.52. The van der Waals surface area contributed by atoms with Gasteiger partial charge in [-0.05, 0) is 33.6 Å². The number of rotatable bonds is 3. The molecule has 1 N–H and O–H groups in total. The quantitative estimate of drug-likeness (QED) is 0.850. The first kappa shape index (κ1) is 12.6. The van der Waals surface area contributed by atoms with E-state index in [0.717, 1.165) is 15.7 Å². The van der Waals surface area contributed by atoms with Crippen molar-refractivity contribution in [1.29, 1.82) is 0 Å². The molecule has 3 heteroatoms. The number of hydrogen-bond donors (Lipinski definition) is 1. The Morgan fingerprint density at radius 3 is 2.28 bits per heavy atom. The molecule has 0 aromatic heterocycles. The van der Waals surface area contributed by atoms with Crippen molar-refractivity contribution < 1.29 is 4.79 Å². The molecule has 0 radical (unpaired) electrons. The van der Waals surface area contributed by atoms with Crippen LogP contribution in [0.3, 0.4) is 0 Å². The average Bonchev–Trinajstić information content (AvgIpc) is 2.41. The number of hydrogen-bond acceptors (Lipinski definition) is 1. The third-order valence-corrected chi connectivity index (χ3v) is 3.21. The molecule has 2 nitrogen and oxygen atoms in total. The molecule has 2 aromatic rings. The Morgan fingerprint density at radius 2 is 1.61 bits per heavy atom. The van der Waals surface area contributed by atoms with Crippen molar-refractivity contribution >= 4 is 33.1 Å². The molecule has 0 unspecified atom stereocenters. The van der Waals surface area contributed by atoms with Gasteiger partial charge in [-0.1, -0.05) is 49.0 Å². The summed E-state index contributed by atoms with van der Waals surface area (Å²) in [5.41, 5.74) is 2.01. The fraction of sp³-hybridized carbons (Fsp3) is 0. The highest BCUT2D eigenvalue weighted by Gasteiger charge is 2.10. The number of para-hydroxylation sites is 1. The Labute approximate surface area is 114 Å². The van der Waals surface area contributed by atoms with E-state index in [9.17, 15) is 4.79 Å². The van der Waals surface area contributed by atoms with E-state index >= 15 is 0 Å².